The van der Waals surface area contributed by atoms with Crippen LogP contribution in [0.3, 0.4) is 0 Å². The Balaban J connectivity index is 0.00000106. The number of rotatable bonds is 3. The molecule has 1 rings (SSSR count). The van der Waals surface area contributed by atoms with E-state index in [1.807, 2.05) is 32.1 Å². The summed E-state index contributed by atoms with van der Waals surface area (Å²) in [5.41, 5.74) is 1.36. The Kier molecular flexibility index (Phi) is 8.35. The van der Waals surface area contributed by atoms with Crippen molar-refractivity contribution in [1.82, 2.24) is 4.90 Å². The van der Waals surface area contributed by atoms with E-state index < -0.39 is 0 Å². The summed E-state index contributed by atoms with van der Waals surface area (Å²) in [5, 5.41) is 0. The molecule has 1 nitrogen and oxygen atoms in total. The average Bonchev–Trinajstić information content (AvgIpc) is 2.62. The van der Waals surface area contributed by atoms with Gasteiger partial charge in [0.1, 0.15) is 0 Å². The Morgan fingerprint density at radius 2 is 2.06 bits per heavy atom. The fourth-order valence-electron chi connectivity index (χ4n) is 1.24. The molecule has 16 heavy (non-hydrogen) atoms. The Labute approximate surface area is 114 Å². The van der Waals surface area contributed by atoms with E-state index in [1.54, 1.807) is 0 Å². The van der Waals surface area contributed by atoms with E-state index in [4.69, 9.17) is 0 Å². The second-order valence-corrected chi connectivity index (χ2v) is 5.51. The number of nitrogens with zero attached hydrogens (tertiary/aromatic N) is 1. The molecule has 0 aliphatic rings. The molecule has 0 spiro atoms. The van der Waals surface area contributed by atoms with Crippen LogP contribution < -0.4 is 0 Å². The molecule has 0 fully saturated rings. The lowest BCUT2D eigenvalue weighted by molar-refractivity contribution is 0.567. The highest BCUT2D eigenvalue weighted by Gasteiger charge is 2.07. The summed E-state index contributed by atoms with van der Waals surface area (Å²) in [7, 11) is 6.48. The summed E-state index contributed by atoms with van der Waals surface area (Å²) >= 11 is 5.48. The van der Waals surface area contributed by atoms with Crippen LogP contribution in [0.4, 0.5) is 0 Å². The summed E-state index contributed by atoms with van der Waals surface area (Å²) in [4.78, 5) is 4.84. The molecule has 0 radical (unpaired) electrons. The summed E-state index contributed by atoms with van der Waals surface area (Å²) in [6.07, 6.45) is 3.21. The van der Waals surface area contributed by atoms with E-state index in [-0.39, 0.29) is 0 Å². The average molecular weight is 322 g/mol. The van der Waals surface area contributed by atoms with Crippen molar-refractivity contribution in [3.8, 4) is 0 Å². The molecule has 0 N–H and O–H groups in total. The second kappa shape index (κ2) is 8.27. The number of hydrogen-bond acceptors (Lipinski definition) is 2. The minimum absolute atomic E-state index is 1.12. The first kappa shape index (κ1) is 16.1. The fraction of sp³-hybridized carbons (Fsp3) is 0.500. The van der Waals surface area contributed by atoms with Crippen LogP contribution in [0.5, 0.6) is 0 Å². The van der Waals surface area contributed by atoms with Crippen LogP contribution in [-0.2, 0) is 6.42 Å². The zero-order valence-electron chi connectivity index (χ0n) is 10.7. The minimum atomic E-state index is 1.12. The highest BCUT2D eigenvalue weighted by molar-refractivity contribution is 9.15. The SMILES string of the molecule is CCc1cc(C)c(/C(Br)=C\N(C)C)s1.CP. The molecular formula is C12H21BrNPS. The van der Waals surface area contributed by atoms with Gasteiger partial charge in [-0.15, -0.1) is 20.6 Å². The Morgan fingerprint density at radius 1 is 1.50 bits per heavy atom. The summed E-state index contributed by atoms with van der Waals surface area (Å²) < 4.78 is 1.17. The lowest BCUT2D eigenvalue weighted by Crippen LogP contribution is -2.00. The maximum atomic E-state index is 3.61. The smallest absolute Gasteiger partial charge is 0.0508 e. The molecule has 0 aliphatic carbocycles. The molecule has 0 saturated carbocycles. The third-order valence-corrected chi connectivity index (χ3v) is 4.18. The van der Waals surface area contributed by atoms with E-state index in [9.17, 15) is 0 Å². The lowest BCUT2D eigenvalue weighted by atomic mass is 10.2. The molecule has 1 heterocycles. The van der Waals surface area contributed by atoms with Crippen molar-refractivity contribution in [1.29, 1.82) is 0 Å². The third-order valence-electron chi connectivity index (χ3n) is 1.91. The van der Waals surface area contributed by atoms with Crippen LogP contribution in [0.15, 0.2) is 12.3 Å². The van der Waals surface area contributed by atoms with Gasteiger partial charge in [-0.25, -0.2) is 0 Å². The number of thiophene rings is 1. The third kappa shape index (κ3) is 4.99. The Hall–Kier alpha value is 0.150. The maximum Gasteiger partial charge on any atom is 0.0508 e. The van der Waals surface area contributed by atoms with Gasteiger partial charge >= 0.3 is 0 Å². The van der Waals surface area contributed by atoms with Crippen LogP contribution in [-0.4, -0.2) is 25.7 Å². The minimum Gasteiger partial charge on any atom is -0.383 e. The topological polar surface area (TPSA) is 3.24 Å². The fourth-order valence-corrected chi connectivity index (χ4v) is 3.22. The molecule has 0 amide bonds. The van der Waals surface area contributed by atoms with Crippen LogP contribution in [0.1, 0.15) is 22.2 Å². The van der Waals surface area contributed by atoms with Crippen molar-refractivity contribution < 1.29 is 0 Å². The van der Waals surface area contributed by atoms with Crippen molar-refractivity contribution in [2.45, 2.75) is 20.3 Å². The molecule has 1 aromatic heterocycles. The van der Waals surface area contributed by atoms with Crippen molar-refractivity contribution >= 4 is 41.0 Å². The first-order valence-electron chi connectivity index (χ1n) is 5.25. The first-order chi connectivity index (χ1) is 7.54. The molecule has 4 heteroatoms. The standard InChI is InChI=1S/C11H16BrNS.CH5P/c1-5-9-6-8(2)11(14-9)10(12)7-13(3)4;1-2/h6-7H,5H2,1-4H3;2H2,1H3/b10-7+;. The predicted octanol–water partition coefficient (Wildman–Crippen LogP) is 4.37. The number of halogens is 1. The van der Waals surface area contributed by atoms with Gasteiger partial charge in [-0.2, -0.15) is 0 Å². The van der Waals surface area contributed by atoms with Crippen LogP contribution in [0.2, 0.25) is 0 Å². The van der Waals surface area contributed by atoms with Crippen molar-refractivity contribution in [2.24, 2.45) is 0 Å². The van der Waals surface area contributed by atoms with Gasteiger partial charge in [0.25, 0.3) is 0 Å². The quantitative estimate of drug-likeness (QED) is 0.747. The van der Waals surface area contributed by atoms with Crippen molar-refractivity contribution in [3.63, 3.8) is 0 Å². The summed E-state index contributed by atoms with van der Waals surface area (Å²) in [6.45, 7) is 6.27. The van der Waals surface area contributed by atoms with Gasteiger partial charge in [-0.3, -0.25) is 0 Å². The Morgan fingerprint density at radius 3 is 2.44 bits per heavy atom. The number of hydrogen-bond donors (Lipinski definition) is 0. The zero-order chi connectivity index (χ0) is 12.7. The summed E-state index contributed by atoms with van der Waals surface area (Å²) in [6, 6.07) is 2.27. The van der Waals surface area contributed by atoms with Crippen LogP contribution in [0.25, 0.3) is 4.48 Å². The van der Waals surface area contributed by atoms with Crippen molar-refractivity contribution in [2.75, 3.05) is 20.8 Å². The molecule has 0 saturated heterocycles. The van der Waals surface area contributed by atoms with Gasteiger partial charge in [0, 0.05) is 30.0 Å². The molecule has 0 aromatic carbocycles. The molecule has 92 valence electrons. The van der Waals surface area contributed by atoms with Gasteiger partial charge in [0.15, 0.2) is 0 Å². The molecule has 1 atom stereocenters. The van der Waals surface area contributed by atoms with Crippen LogP contribution >= 0.6 is 36.5 Å². The second-order valence-electron chi connectivity index (χ2n) is 3.52. The molecule has 1 aromatic rings. The normalized spacial score (nSPS) is 10.8. The van der Waals surface area contributed by atoms with E-state index in [2.05, 4.69) is 56.2 Å². The van der Waals surface area contributed by atoms with Gasteiger partial charge in [0.05, 0.1) is 4.48 Å². The van der Waals surface area contributed by atoms with E-state index in [1.165, 1.54) is 19.8 Å². The largest absolute Gasteiger partial charge is 0.383 e. The molecule has 0 aliphatic heterocycles. The molecular weight excluding hydrogens is 301 g/mol. The first-order valence-corrected chi connectivity index (χ1v) is 8.02. The van der Waals surface area contributed by atoms with E-state index in [0.717, 1.165) is 6.42 Å². The Bertz CT molecular complexity index is 345. The van der Waals surface area contributed by atoms with Gasteiger partial charge in [-0.1, -0.05) is 13.6 Å². The van der Waals surface area contributed by atoms with Crippen LogP contribution in [0, 0.1) is 6.92 Å². The lowest BCUT2D eigenvalue weighted by Gasteiger charge is -2.06. The van der Waals surface area contributed by atoms with Gasteiger partial charge in [0.2, 0.25) is 0 Å². The maximum absolute atomic E-state index is 3.61. The van der Waals surface area contributed by atoms with Crippen molar-refractivity contribution in [3.05, 3.63) is 27.6 Å². The monoisotopic (exact) mass is 321 g/mol. The van der Waals surface area contributed by atoms with Gasteiger partial charge < -0.3 is 4.90 Å². The molecule has 0 bridgehead atoms. The van der Waals surface area contributed by atoms with Gasteiger partial charge in [-0.05, 0) is 40.9 Å². The predicted molar refractivity (Wildman–Crippen MR) is 84.7 cm³/mol. The highest BCUT2D eigenvalue weighted by atomic mass is 79.9. The molecule has 1 unspecified atom stereocenters. The highest BCUT2D eigenvalue weighted by Crippen LogP contribution is 2.32. The summed E-state index contributed by atoms with van der Waals surface area (Å²) in [5.74, 6) is 0. The zero-order valence-corrected chi connectivity index (χ0v) is 14.2. The number of aryl methyl sites for hydroxylation is 2. The van der Waals surface area contributed by atoms with E-state index >= 15 is 0 Å². The van der Waals surface area contributed by atoms with E-state index in [0.29, 0.717) is 0 Å².